The number of carbonyl (C=O) groups is 3. The number of carboxylic acid groups (broad SMARTS) is 2. The monoisotopic (exact) mass is 500 g/mol. The van der Waals surface area contributed by atoms with E-state index in [1.54, 1.807) is 6.08 Å². The zero-order valence-corrected chi connectivity index (χ0v) is 22.7. The highest BCUT2D eigenvalue weighted by atomic mass is 16.4. The zero-order chi connectivity index (χ0) is 26.9. The van der Waals surface area contributed by atoms with E-state index in [1.807, 2.05) is 6.92 Å². The predicted molar refractivity (Wildman–Crippen MR) is 137 cm³/mol. The van der Waals surface area contributed by atoms with Gasteiger partial charge in [-0.1, -0.05) is 46.8 Å². The molecule has 4 rings (SSSR count). The van der Waals surface area contributed by atoms with Crippen LogP contribution in [0.2, 0.25) is 0 Å². The van der Waals surface area contributed by atoms with Crippen LogP contribution in [0.25, 0.3) is 0 Å². The molecule has 7 atom stereocenters. The van der Waals surface area contributed by atoms with Gasteiger partial charge in [0.25, 0.3) is 0 Å². The minimum atomic E-state index is -1.03. The van der Waals surface area contributed by atoms with Crippen LogP contribution in [-0.4, -0.2) is 39.6 Å². The molecule has 0 saturated heterocycles. The summed E-state index contributed by atoms with van der Waals surface area (Å²) in [6.07, 6.45) is 7.72. The number of aliphatic hydroxyl groups is 1. The van der Waals surface area contributed by atoms with Gasteiger partial charge in [-0.25, -0.2) is 4.79 Å². The van der Waals surface area contributed by atoms with E-state index in [9.17, 15) is 29.7 Å². The fraction of sp³-hybridized carbons (Fsp3) is 0.767. The summed E-state index contributed by atoms with van der Waals surface area (Å²) in [5.74, 6) is -2.70. The Morgan fingerprint density at radius 2 is 1.67 bits per heavy atom. The van der Waals surface area contributed by atoms with E-state index in [1.165, 1.54) is 0 Å². The van der Waals surface area contributed by atoms with E-state index in [-0.39, 0.29) is 40.6 Å². The number of allylic oxidation sites excluding steroid dienone is 2. The van der Waals surface area contributed by atoms with Gasteiger partial charge in [0.2, 0.25) is 0 Å². The maximum absolute atomic E-state index is 14.2. The Morgan fingerprint density at radius 3 is 2.25 bits per heavy atom. The lowest BCUT2D eigenvalue weighted by molar-refractivity contribution is -0.176. The van der Waals surface area contributed by atoms with Crippen molar-refractivity contribution in [2.24, 2.45) is 44.8 Å². The minimum Gasteiger partial charge on any atom is -0.481 e. The first-order valence-electron chi connectivity index (χ1n) is 13.6. The molecule has 0 radical (unpaired) electrons. The molecule has 0 spiro atoms. The standard InChI is InChI=1S/C30H44O6/c1-18(24(33)34)19-8-10-29(6)23(27(19,4)9-7-15-31)22(32)16-20-21-17-26(2,3)11-13-30(21,25(35)36)14-12-28(20,29)5/h16,19,21,23,31H,1,7-15,17H2,2-6H3,(H,33,34)(H,35,36)/t19-,21-,23?,27-,28+,29+,30-/m0/s1. The number of carbonyl (C=O) groups excluding carboxylic acids is 1. The largest absolute Gasteiger partial charge is 0.481 e. The van der Waals surface area contributed by atoms with Gasteiger partial charge in [-0.15, -0.1) is 0 Å². The van der Waals surface area contributed by atoms with Gasteiger partial charge in [-0.2, -0.15) is 0 Å². The average molecular weight is 501 g/mol. The van der Waals surface area contributed by atoms with Gasteiger partial charge in [0.05, 0.1) is 5.41 Å². The number of ketones is 1. The maximum Gasteiger partial charge on any atom is 0.331 e. The molecule has 3 fully saturated rings. The highest BCUT2D eigenvalue weighted by Gasteiger charge is 2.69. The number of aliphatic carboxylic acids is 2. The molecule has 0 aromatic heterocycles. The number of hydrogen-bond donors (Lipinski definition) is 3. The van der Waals surface area contributed by atoms with Crippen LogP contribution in [0.15, 0.2) is 23.8 Å². The molecule has 4 aliphatic carbocycles. The normalized spacial score (nSPS) is 43.4. The Hall–Kier alpha value is -1.95. The first-order valence-corrected chi connectivity index (χ1v) is 13.6. The lowest BCUT2D eigenvalue weighted by Crippen LogP contribution is -2.64. The van der Waals surface area contributed by atoms with Crippen LogP contribution in [0, 0.1) is 44.8 Å². The molecule has 4 aliphatic rings. The number of carboxylic acids is 2. The van der Waals surface area contributed by atoms with Crippen molar-refractivity contribution in [1.29, 1.82) is 0 Å². The Morgan fingerprint density at radius 1 is 1.03 bits per heavy atom. The average Bonchev–Trinajstić information content (AvgIpc) is 2.78. The summed E-state index contributed by atoms with van der Waals surface area (Å²) in [6.45, 7) is 14.8. The molecule has 0 heterocycles. The molecule has 200 valence electrons. The van der Waals surface area contributed by atoms with Crippen molar-refractivity contribution in [3.63, 3.8) is 0 Å². The SMILES string of the molecule is C=C(C(=O)O)[C@@H]1CC[C@]2(C)C(C(=O)C=C3[C@@H]4CC(C)(C)CC[C@]4(C(=O)O)CC[C@]32C)[C@@]1(C)CCCO. The molecule has 36 heavy (non-hydrogen) atoms. The van der Waals surface area contributed by atoms with Crippen molar-refractivity contribution in [2.75, 3.05) is 6.61 Å². The third-order valence-electron chi connectivity index (χ3n) is 11.6. The number of hydrogen-bond acceptors (Lipinski definition) is 4. The summed E-state index contributed by atoms with van der Waals surface area (Å²) in [4.78, 5) is 38.9. The number of rotatable bonds is 6. The maximum atomic E-state index is 14.2. The van der Waals surface area contributed by atoms with Crippen LogP contribution >= 0.6 is 0 Å². The van der Waals surface area contributed by atoms with Crippen LogP contribution < -0.4 is 0 Å². The Bertz CT molecular complexity index is 1020. The molecular weight excluding hydrogens is 456 g/mol. The first-order chi connectivity index (χ1) is 16.6. The van der Waals surface area contributed by atoms with E-state index in [0.29, 0.717) is 44.9 Å². The van der Waals surface area contributed by atoms with Gasteiger partial charge in [-0.05, 0) is 97.4 Å². The van der Waals surface area contributed by atoms with Crippen molar-refractivity contribution in [3.8, 4) is 0 Å². The highest BCUT2D eigenvalue weighted by molar-refractivity contribution is 5.96. The molecule has 6 heteroatoms. The molecular formula is C30H44O6. The third-order valence-corrected chi connectivity index (χ3v) is 11.6. The lowest BCUT2D eigenvalue weighted by Gasteiger charge is -2.68. The Kier molecular flexibility index (Phi) is 6.43. The fourth-order valence-corrected chi connectivity index (χ4v) is 9.35. The van der Waals surface area contributed by atoms with E-state index >= 15 is 0 Å². The van der Waals surface area contributed by atoms with E-state index < -0.39 is 34.1 Å². The summed E-state index contributed by atoms with van der Waals surface area (Å²) in [6, 6.07) is 0. The third kappa shape index (κ3) is 3.57. The molecule has 0 aliphatic heterocycles. The van der Waals surface area contributed by atoms with E-state index in [4.69, 9.17) is 0 Å². The first kappa shape index (κ1) is 27.1. The van der Waals surface area contributed by atoms with Crippen LogP contribution in [0.1, 0.15) is 92.4 Å². The summed E-state index contributed by atoms with van der Waals surface area (Å²) < 4.78 is 0. The molecule has 1 unspecified atom stereocenters. The fourth-order valence-electron chi connectivity index (χ4n) is 9.35. The summed E-state index contributed by atoms with van der Waals surface area (Å²) in [5, 5.41) is 29.9. The van der Waals surface area contributed by atoms with Gasteiger partial charge in [0.15, 0.2) is 5.78 Å². The summed E-state index contributed by atoms with van der Waals surface area (Å²) in [5.41, 5.74) is -1.07. The lowest BCUT2D eigenvalue weighted by atomic mass is 9.35. The van der Waals surface area contributed by atoms with Crippen LogP contribution in [0.5, 0.6) is 0 Å². The van der Waals surface area contributed by atoms with Gasteiger partial charge >= 0.3 is 11.9 Å². The highest BCUT2D eigenvalue weighted by Crippen LogP contribution is 2.73. The molecule has 0 amide bonds. The molecule has 0 bridgehead atoms. The van der Waals surface area contributed by atoms with Crippen LogP contribution in [-0.2, 0) is 14.4 Å². The van der Waals surface area contributed by atoms with Gasteiger partial charge < -0.3 is 15.3 Å². The van der Waals surface area contributed by atoms with Crippen molar-refractivity contribution < 1.29 is 29.7 Å². The Labute approximate surface area is 215 Å². The quantitative estimate of drug-likeness (QED) is 0.407. The molecule has 3 saturated carbocycles. The zero-order valence-electron chi connectivity index (χ0n) is 22.7. The van der Waals surface area contributed by atoms with E-state index in [0.717, 1.165) is 18.4 Å². The summed E-state index contributed by atoms with van der Waals surface area (Å²) >= 11 is 0. The van der Waals surface area contributed by atoms with E-state index in [2.05, 4.69) is 34.3 Å². The predicted octanol–water partition coefficient (Wildman–Crippen LogP) is 5.65. The van der Waals surface area contributed by atoms with Gasteiger partial charge in [0, 0.05) is 18.1 Å². The minimum absolute atomic E-state index is 0.00197. The molecule has 6 nitrogen and oxygen atoms in total. The van der Waals surface area contributed by atoms with Crippen LogP contribution in [0.4, 0.5) is 0 Å². The topological polar surface area (TPSA) is 112 Å². The van der Waals surface area contributed by atoms with Crippen molar-refractivity contribution in [2.45, 2.75) is 92.4 Å². The van der Waals surface area contributed by atoms with Gasteiger partial charge in [0.1, 0.15) is 0 Å². The van der Waals surface area contributed by atoms with Crippen molar-refractivity contribution in [3.05, 3.63) is 23.8 Å². The molecule has 0 aromatic rings. The Balaban J connectivity index is 1.88. The number of aliphatic hydroxyl groups excluding tert-OH is 1. The van der Waals surface area contributed by atoms with Gasteiger partial charge in [-0.3, -0.25) is 9.59 Å². The van der Waals surface area contributed by atoms with Crippen molar-refractivity contribution in [1.82, 2.24) is 0 Å². The smallest absolute Gasteiger partial charge is 0.331 e. The van der Waals surface area contributed by atoms with Crippen LogP contribution in [0.3, 0.4) is 0 Å². The second-order valence-electron chi connectivity index (χ2n) is 13.8. The second kappa shape index (κ2) is 8.54. The molecule has 3 N–H and O–H groups in total. The van der Waals surface area contributed by atoms with Crippen molar-refractivity contribution >= 4 is 17.7 Å². The second-order valence-corrected chi connectivity index (χ2v) is 13.8. The number of fused-ring (bicyclic) bond motifs is 5. The summed E-state index contributed by atoms with van der Waals surface area (Å²) in [7, 11) is 0. The molecule has 0 aromatic carbocycles.